The van der Waals surface area contributed by atoms with Gasteiger partial charge >= 0.3 is 6.03 Å². The molecule has 0 aliphatic heterocycles. The van der Waals surface area contributed by atoms with E-state index in [-0.39, 0.29) is 5.03 Å². The number of carbonyl (C=O) groups is 1. The van der Waals surface area contributed by atoms with E-state index in [1.54, 1.807) is 37.3 Å². The van der Waals surface area contributed by atoms with Gasteiger partial charge in [0.05, 0.1) is 24.7 Å². The van der Waals surface area contributed by atoms with Gasteiger partial charge in [-0.3, -0.25) is 0 Å². The molecule has 1 aliphatic rings. The normalized spacial score (nSPS) is 12.7. The van der Waals surface area contributed by atoms with Crippen molar-refractivity contribution < 1.29 is 17.9 Å². The number of sulfonamides is 1. The second kappa shape index (κ2) is 9.02. The minimum Gasteiger partial charge on any atom is -0.481 e. The number of hydrogen-bond donors (Lipinski definition) is 2. The van der Waals surface area contributed by atoms with Gasteiger partial charge in [-0.25, -0.2) is 14.5 Å². The number of urea groups is 1. The molecule has 172 valence electrons. The number of rotatable bonds is 6. The number of ether oxygens (including phenoxy) is 1. The van der Waals surface area contributed by atoms with Gasteiger partial charge in [-0.15, -0.1) is 5.10 Å². The smallest absolute Gasteiger partial charge is 0.333 e. The predicted octanol–water partition coefficient (Wildman–Crippen LogP) is 2.61. The van der Waals surface area contributed by atoms with E-state index in [1.165, 1.54) is 19.4 Å². The SMILES string of the molecule is COc1cc(-c2ccc3c(c2NC(=O)NS(=O)(=O)c2cc(N(C)C)cnn2)CCC3)ccn1. The van der Waals surface area contributed by atoms with E-state index in [1.807, 2.05) is 16.9 Å². The van der Waals surface area contributed by atoms with Crippen LogP contribution in [0.1, 0.15) is 17.5 Å². The van der Waals surface area contributed by atoms with Crippen molar-refractivity contribution in [3.63, 3.8) is 0 Å². The molecule has 0 saturated carbocycles. The zero-order chi connectivity index (χ0) is 23.6. The van der Waals surface area contributed by atoms with Crippen molar-refractivity contribution in [2.45, 2.75) is 24.3 Å². The molecule has 0 bridgehead atoms. The van der Waals surface area contributed by atoms with Gasteiger partial charge in [0.15, 0.2) is 5.03 Å². The number of carbonyl (C=O) groups excluding carboxylic acids is 1. The maximum Gasteiger partial charge on any atom is 0.333 e. The second-order valence-corrected chi connectivity index (χ2v) is 9.40. The molecule has 33 heavy (non-hydrogen) atoms. The van der Waals surface area contributed by atoms with Crippen molar-refractivity contribution in [3.8, 4) is 17.0 Å². The van der Waals surface area contributed by atoms with Crippen LogP contribution in [0.15, 0.2) is 47.8 Å². The Hall–Kier alpha value is -3.73. The average molecular weight is 469 g/mol. The Bertz CT molecular complexity index is 1310. The maximum absolute atomic E-state index is 12.8. The van der Waals surface area contributed by atoms with Gasteiger partial charge in [-0.2, -0.15) is 13.5 Å². The van der Waals surface area contributed by atoms with Crippen molar-refractivity contribution in [2.75, 3.05) is 31.4 Å². The van der Waals surface area contributed by atoms with Gasteiger partial charge < -0.3 is 15.0 Å². The fraction of sp³-hybridized carbons (Fsp3) is 0.273. The van der Waals surface area contributed by atoms with Crippen LogP contribution in [0.3, 0.4) is 0 Å². The van der Waals surface area contributed by atoms with E-state index in [4.69, 9.17) is 4.74 Å². The molecule has 2 amide bonds. The Balaban J connectivity index is 1.65. The average Bonchev–Trinajstić information content (AvgIpc) is 3.28. The van der Waals surface area contributed by atoms with Crippen LogP contribution in [0.25, 0.3) is 11.1 Å². The Labute approximate surface area is 192 Å². The first-order valence-electron chi connectivity index (χ1n) is 10.3. The van der Waals surface area contributed by atoms with E-state index < -0.39 is 16.1 Å². The predicted molar refractivity (Wildman–Crippen MR) is 124 cm³/mol. The number of anilines is 2. The summed E-state index contributed by atoms with van der Waals surface area (Å²) in [6.07, 6.45) is 5.69. The summed E-state index contributed by atoms with van der Waals surface area (Å²) >= 11 is 0. The minimum atomic E-state index is -4.23. The standard InChI is InChI=1S/C22H24N6O4S/c1-28(2)16-12-20(26-24-13-16)33(30,31)27-22(29)25-21-17-6-4-5-14(17)7-8-18(21)15-9-10-23-19(11-15)32-3/h7-13H,4-6H2,1-3H3,(H2,25,27,29). The summed E-state index contributed by atoms with van der Waals surface area (Å²) in [4.78, 5) is 18.7. The molecule has 0 saturated heterocycles. The molecular formula is C22H24N6O4S. The van der Waals surface area contributed by atoms with Gasteiger partial charge in [-0.1, -0.05) is 12.1 Å². The number of nitrogens with one attached hydrogen (secondary N) is 2. The minimum absolute atomic E-state index is 0.346. The quantitative estimate of drug-likeness (QED) is 0.565. The third-order valence-electron chi connectivity index (χ3n) is 5.41. The molecule has 3 aromatic rings. The van der Waals surface area contributed by atoms with Crippen molar-refractivity contribution in [1.29, 1.82) is 0 Å². The number of pyridine rings is 1. The number of aryl methyl sites for hydroxylation is 1. The molecule has 0 fully saturated rings. The number of nitrogens with zero attached hydrogens (tertiary/aromatic N) is 4. The molecule has 1 aliphatic carbocycles. The lowest BCUT2D eigenvalue weighted by molar-refractivity contribution is 0.256. The number of methoxy groups -OCH3 is 1. The molecule has 0 atom stereocenters. The summed E-state index contributed by atoms with van der Waals surface area (Å²) in [6.45, 7) is 0. The van der Waals surface area contributed by atoms with Crippen molar-refractivity contribution in [2.24, 2.45) is 0 Å². The number of amides is 2. The first-order chi connectivity index (χ1) is 15.8. The van der Waals surface area contributed by atoms with Gasteiger partial charge in [0.25, 0.3) is 10.0 Å². The van der Waals surface area contributed by atoms with Crippen LogP contribution < -0.4 is 19.7 Å². The fourth-order valence-electron chi connectivity index (χ4n) is 3.77. The zero-order valence-electron chi connectivity index (χ0n) is 18.5. The van der Waals surface area contributed by atoms with Crippen LogP contribution in [0, 0.1) is 0 Å². The highest BCUT2D eigenvalue weighted by Gasteiger charge is 2.24. The third kappa shape index (κ3) is 4.72. The van der Waals surface area contributed by atoms with E-state index in [2.05, 4.69) is 20.5 Å². The molecule has 0 spiro atoms. The molecule has 11 heteroatoms. The third-order valence-corrected chi connectivity index (χ3v) is 6.62. The highest BCUT2D eigenvalue weighted by atomic mass is 32.2. The Morgan fingerprint density at radius 1 is 1.15 bits per heavy atom. The van der Waals surface area contributed by atoms with E-state index >= 15 is 0 Å². The lowest BCUT2D eigenvalue weighted by atomic mass is 9.98. The lowest BCUT2D eigenvalue weighted by Gasteiger charge is -2.17. The van der Waals surface area contributed by atoms with Gasteiger partial charge in [0, 0.05) is 38.0 Å². The van der Waals surface area contributed by atoms with Crippen LogP contribution in [0.5, 0.6) is 5.88 Å². The van der Waals surface area contributed by atoms with E-state index in [9.17, 15) is 13.2 Å². The van der Waals surface area contributed by atoms with Gasteiger partial charge in [0.2, 0.25) is 5.88 Å². The zero-order valence-corrected chi connectivity index (χ0v) is 19.3. The topological polar surface area (TPSA) is 126 Å². The first kappa shape index (κ1) is 22.5. The molecule has 2 heterocycles. The summed E-state index contributed by atoms with van der Waals surface area (Å²) in [5.74, 6) is 0.435. The Morgan fingerprint density at radius 3 is 2.73 bits per heavy atom. The van der Waals surface area contributed by atoms with E-state index in [0.717, 1.165) is 41.5 Å². The summed E-state index contributed by atoms with van der Waals surface area (Å²) < 4.78 is 32.8. The highest BCUT2D eigenvalue weighted by molar-refractivity contribution is 7.90. The van der Waals surface area contributed by atoms with Crippen molar-refractivity contribution in [3.05, 3.63) is 53.9 Å². The van der Waals surface area contributed by atoms with Crippen molar-refractivity contribution >= 4 is 27.4 Å². The molecular weight excluding hydrogens is 444 g/mol. The Morgan fingerprint density at radius 2 is 1.97 bits per heavy atom. The largest absolute Gasteiger partial charge is 0.481 e. The van der Waals surface area contributed by atoms with Crippen LogP contribution in [0.2, 0.25) is 0 Å². The van der Waals surface area contributed by atoms with E-state index in [0.29, 0.717) is 17.3 Å². The maximum atomic E-state index is 12.8. The molecule has 4 rings (SSSR count). The first-order valence-corrected chi connectivity index (χ1v) is 11.8. The second-order valence-electron chi connectivity index (χ2n) is 7.77. The molecule has 0 unspecified atom stereocenters. The summed E-state index contributed by atoms with van der Waals surface area (Å²) in [5.41, 5.74) is 4.77. The molecule has 1 aromatic carbocycles. The Kier molecular flexibility index (Phi) is 6.14. The molecule has 2 N–H and O–H groups in total. The molecule has 10 nitrogen and oxygen atoms in total. The molecule has 0 radical (unpaired) electrons. The van der Waals surface area contributed by atoms with Gasteiger partial charge in [0.1, 0.15) is 0 Å². The highest BCUT2D eigenvalue weighted by Crippen LogP contribution is 2.38. The summed E-state index contributed by atoms with van der Waals surface area (Å²) in [6, 6.07) is 7.98. The van der Waals surface area contributed by atoms with Crippen molar-refractivity contribution in [1.82, 2.24) is 19.9 Å². The number of hydrogen-bond acceptors (Lipinski definition) is 8. The van der Waals surface area contributed by atoms with Crippen LogP contribution in [-0.4, -0.2) is 50.8 Å². The van der Waals surface area contributed by atoms with Crippen LogP contribution in [0.4, 0.5) is 16.2 Å². The van der Waals surface area contributed by atoms with Crippen LogP contribution >= 0.6 is 0 Å². The summed E-state index contributed by atoms with van der Waals surface area (Å²) in [7, 11) is 0.796. The summed E-state index contributed by atoms with van der Waals surface area (Å²) in [5, 5.41) is 9.80. The van der Waals surface area contributed by atoms with Gasteiger partial charge in [-0.05, 0) is 42.0 Å². The number of benzene rings is 1. The number of fused-ring (bicyclic) bond motifs is 1. The fourth-order valence-corrected chi connectivity index (χ4v) is 4.60. The molecule has 2 aromatic heterocycles. The monoisotopic (exact) mass is 468 g/mol. The number of aromatic nitrogens is 3. The lowest BCUT2D eigenvalue weighted by Crippen LogP contribution is -2.35. The van der Waals surface area contributed by atoms with Crippen LogP contribution in [-0.2, 0) is 22.9 Å².